The summed E-state index contributed by atoms with van der Waals surface area (Å²) < 4.78 is 0.702. The van der Waals surface area contributed by atoms with E-state index >= 15 is 0 Å². The molecule has 1 fully saturated rings. The predicted molar refractivity (Wildman–Crippen MR) is 138 cm³/mol. The summed E-state index contributed by atoms with van der Waals surface area (Å²) in [5, 5.41) is 17.7. The Morgan fingerprint density at radius 1 is 1.24 bits per heavy atom. The van der Waals surface area contributed by atoms with Crippen LogP contribution in [0.1, 0.15) is 42.9 Å². The number of benzene rings is 2. The summed E-state index contributed by atoms with van der Waals surface area (Å²) in [5.41, 5.74) is 1.01. The van der Waals surface area contributed by atoms with Gasteiger partial charge in [0.2, 0.25) is 0 Å². The van der Waals surface area contributed by atoms with Crippen LogP contribution in [0.15, 0.2) is 40.9 Å². The summed E-state index contributed by atoms with van der Waals surface area (Å²) in [6, 6.07) is 10.0. The molecule has 0 aromatic heterocycles. The van der Waals surface area contributed by atoms with Crippen molar-refractivity contribution in [2.75, 3.05) is 36.4 Å². The van der Waals surface area contributed by atoms with Crippen LogP contribution in [-0.2, 0) is 10.5 Å². The highest BCUT2D eigenvalue weighted by atomic mass is 79.9. The molecule has 2 aliphatic rings. The third kappa shape index (κ3) is 4.85. The number of likely N-dealkylation sites (tertiary alicyclic amines) is 1. The van der Waals surface area contributed by atoms with E-state index in [1.54, 1.807) is 24.3 Å². The van der Waals surface area contributed by atoms with Gasteiger partial charge in [-0.25, -0.2) is 4.79 Å². The van der Waals surface area contributed by atoms with E-state index in [1.807, 2.05) is 26.0 Å². The Morgan fingerprint density at radius 2 is 2.03 bits per heavy atom. The largest absolute Gasteiger partial charge is 0.359 e. The van der Waals surface area contributed by atoms with Crippen LogP contribution in [-0.4, -0.2) is 48.1 Å². The van der Waals surface area contributed by atoms with Crippen LogP contribution in [0.3, 0.4) is 0 Å². The van der Waals surface area contributed by atoms with Gasteiger partial charge in [0.25, 0.3) is 11.6 Å². The molecule has 0 spiro atoms. The molecule has 0 saturated carbocycles. The molecule has 2 unspecified atom stereocenters. The average molecular weight is 529 g/mol. The maximum atomic E-state index is 13.6. The first-order valence-electron chi connectivity index (χ1n) is 11.9. The first-order chi connectivity index (χ1) is 16.2. The summed E-state index contributed by atoms with van der Waals surface area (Å²) in [6.45, 7) is 9.67. The Morgan fingerprint density at radius 3 is 2.76 bits per heavy atom. The van der Waals surface area contributed by atoms with Crippen LogP contribution in [0.25, 0.3) is 0 Å². The van der Waals surface area contributed by atoms with Gasteiger partial charge in [0.05, 0.1) is 5.69 Å². The van der Waals surface area contributed by atoms with Crippen LogP contribution >= 0.6 is 15.9 Å². The molecule has 3 amide bonds. The Hall–Kier alpha value is -2.42. The number of aliphatic hydroxyl groups is 1. The van der Waals surface area contributed by atoms with E-state index in [0.717, 1.165) is 42.1 Å². The zero-order valence-electron chi connectivity index (χ0n) is 20.0. The van der Waals surface area contributed by atoms with E-state index in [9.17, 15) is 14.7 Å². The fourth-order valence-electron chi connectivity index (χ4n) is 4.86. The smallest absolute Gasteiger partial charge is 0.329 e. The Bertz CT molecular complexity index is 1090. The number of carbonyl (C=O) groups excluding carboxylic acids is 2. The van der Waals surface area contributed by atoms with Crippen LogP contribution in [0, 0.1) is 19.8 Å². The fraction of sp³-hybridized carbons (Fsp3) is 0.462. The van der Waals surface area contributed by atoms with Crippen LogP contribution in [0.4, 0.5) is 16.2 Å². The highest BCUT2D eigenvalue weighted by molar-refractivity contribution is 9.10. The molecule has 2 aromatic carbocycles. The van der Waals surface area contributed by atoms with Gasteiger partial charge in [0.1, 0.15) is 0 Å². The number of nitrogens with zero attached hydrogens (tertiary/aromatic N) is 2. The Labute approximate surface area is 209 Å². The van der Waals surface area contributed by atoms with E-state index in [1.165, 1.54) is 12.8 Å². The molecule has 2 aliphatic heterocycles. The maximum Gasteiger partial charge on any atom is 0.329 e. The van der Waals surface area contributed by atoms with Crippen molar-refractivity contribution in [1.29, 1.82) is 0 Å². The summed E-state index contributed by atoms with van der Waals surface area (Å²) >= 11 is 3.44. The first kappa shape index (κ1) is 24.7. The van der Waals surface area contributed by atoms with Crippen LogP contribution < -0.4 is 15.5 Å². The molecule has 2 aromatic rings. The van der Waals surface area contributed by atoms with Crippen molar-refractivity contribution in [2.24, 2.45) is 5.92 Å². The maximum absolute atomic E-state index is 13.6. The molecule has 8 heteroatoms. The molecule has 0 aliphatic carbocycles. The number of hydrogen-bond acceptors (Lipinski definition) is 4. The number of fused-ring (bicyclic) bond motifs is 1. The third-order valence-electron chi connectivity index (χ3n) is 6.87. The number of urea groups is 1. The fourth-order valence-corrected chi connectivity index (χ4v) is 5.22. The monoisotopic (exact) mass is 528 g/mol. The molecule has 0 bridgehead atoms. The zero-order valence-corrected chi connectivity index (χ0v) is 21.6. The lowest BCUT2D eigenvalue weighted by Gasteiger charge is -2.43. The number of nitrogens with one attached hydrogen (secondary N) is 2. The minimum atomic E-state index is -2.19. The highest BCUT2D eigenvalue weighted by Gasteiger charge is 2.52. The predicted octanol–water partition coefficient (Wildman–Crippen LogP) is 4.50. The summed E-state index contributed by atoms with van der Waals surface area (Å²) in [6.07, 6.45) is 3.25. The van der Waals surface area contributed by atoms with Crippen LogP contribution in [0.2, 0.25) is 0 Å². The number of hydrogen-bond donors (Lipinski definition) is 3. The number of amides is 3. The number of rotatable bonds is 6. The standard InChI is InChI=1S/C26H33BrN4O3/c1-17-6-4-12-30(16-17)13-5-11-28-24(32)26(34)22-15-20(27)8-10-23(22)29-25(33)31(26)21-9-7-18(2)19(3)14-21/h7-10,14-15,17,34H,4-6,11-13,16H2,1-3H3,(H,28,32)(H,29,33). The Kier molecular flexibility index (Phi) is 7.31. The number of piperidine rings is 1. The van der Waals surface area contributed by atoms with Gasteiger partial charge in [0.15, 0.2) is 0 Å². The number of aryl methyl sites for hydroxylation is 2. The zero-order chi connectivity index (χ0) is 24.5. The molecule has 182 valence electrons. The molecule has 7 nitrogen and oxygen atoms in total. The average Bonchev–Trinajstić information content (AvgIpc) is 2.79. The summed E-state index contributed by atoms with van der Waals surface area (Å²) in [4.78, 5) is 30.3. The van der Waals surface area contributed by atoms with E-state index in [-0.39, 0.29) is 0 Å². The van der Waals surface area contributed by atoms with E-state index < -0.39 is 17.7 Å². The molecule has 2 atom stereocenters. The lowest BCUT2D eigenvalue weighted by molar-refractivity contribution is -0.140. The van der Waals surface area contributed by atoms with E-state index in [4.69, 9.17) is 0 Å². The molecular formula is C26H33BrN4O3. The van der Waals surface area contributed by atoms with E-state index in [2.05, 4.69) is 38.4 Å². The van der Waals surface area contributed by atoms with Gasteiger partial charge in [-0.2, -0.15) is 0 Å². The molecule has 34 heavy (non-hydrogen) atoms. The van der Waals surface area contributed by atoms with Gasteiger partial charge in [-0.05, 0) is 93.6 Å². The minimum Gasteiger partial charge on any atom is -0.359 e. The van der Waals surface area contributed by atoms with Crippen molar-refractivity contribution < 1.29 is 14.7 Å². The molecule has 2 heterocycles. The topological polar surface area (TPSA) is 84.9 Å². The number of halogens is 1. The first-order valence-corrected chi connectivity index (χ1v) is 12.7. The quantitative estimate of drug-likeness (QED) is 0.482. The van der Waals surface area contributed by atoms with Crippen molar-refractivity contribution in [3.8, 4) is 0 Å². The van der Waals surface area contributed by atoms with Gasteiger partial charge in [-0.15, -0.1) is 0 Å². The lowest BCUT2D eigenvalue weighted by Crippen LogP contribution is -2.62. The number of carbonyl (C=O) groups is 2. The minimum absolute atomic E-state index is 0.321. The second-order valence-corrected chi connectivity index (χ2v) is 10.5. The molecule has 4 rings (SSSR count). The Balaban J connectivity index is 1.59. The SMILES string of the molecule is Cc1ccc(N2C(=O)Nc3ccc(Br)cc3C2(O)C(=O)NCCCN2CCCC(C)C2)cc1C. The normalized spacial score (nSPS) is 22.8. The molecule has 1 saturated heterocycles. The molecular weight excluding hydrogens is 496 g/mol. The van der Waals surface area contributed by atoms with E-state index in [0.29, 0.717) is 33.9 Å². The lowest BCUT2D eigenvalue weighted by atomic mass is 9.94. The van der Waals surface area contributed by atoms with Crippen molar-refractivity contribution >= 4 is 39.2 Å². The van der Waals surface area contributed by atoms with Gasteiger partial charge >= 0.3 is 6.03 Å². The van der Waals surface area contributed by atoms with Crippen molar-refractivity contribution in [3.63, 3.8) is 0 Å². The van der Waals surface area contributed by atoms with Gasteiger partial charge in [-0.3, -0.25) is 9.69 Å². The van der Waals surface area contributed by atoms with Gasteiger partial charge in [0, 0.05) is 28.8 Å². The molecule has 3 N–H and O–H groups in total. The van der Waals surface area contributed by atoms with Gasteiger partial charge < -0.3 is 20.6 Å². The third-order valence-corrected chi connectivity index (χ3v) is 7.36. The van der Waals surface area contributed by atoms with Crippen molar-refractivity contribution in [1.82, 2.24) is 10.2 Å². The highest BCUT2D eigenvalue weighted by Crippen LogP contribution is 2.41. The second-order valence-electron chi connectivity index (χ2n) is 9.55. The number of anilines is 2. The van der Waals surface area contributed by atoms with Gasteiger partial charge in [-0.1, -0.05) is 28.9 Å². The molecule has 0 radical (unpaired) electrons. The van der Waals surface area contributed by atoms with Crippen LogP contribution in [0.5, 0.6) is 0 Å². The second kappa shape index (κ2) is 10.1. The van der Waals surface area contributed by atoms with Crippen molar-refractivity contribution in [2.45, 2.75) is 45.8 Å². The summed E-state index contributed by atoms with van der Waals surface area (Å²) in [5.74, 6) is 0.0817. The summed E-state index contributed by atoms with van der Waals surface area (Å²) in [7, 11) is 0. The van der Waals surface area contributed by atoms with Crippen molar-refractivity contribution in [3.05, 3.63) is 57.6 Å².